The highest BCUT2D eigenvalue weighted by Gasteiger charge is 2.28. The molecule has 0 saturated heterocycles. The van der Waals surface area contributed by atoms with E-state index in [9.17, 15) is 10.00 Å². The maximum absolute atomic E-state index is 10.5. The quantitative estimate of drug-likeness (QED) is 0.544. The largest absolute Gasteiger partial charge is 0.507 e. The van der Waals surface area contributed by atoms with Gasteiger partial charge in [0, 0.05) is 16.4 Å². The van der Waals surface area contributed by atoms with Gasteiger partial charge in [0.1, 0.15) is 11.2 Å². The SMILES string of the molecule is CC(C)(C)c1cc(P(O)(=S)S)cc(C(C)(C)C)c1O. The zero-order valence-corrected chi connectivity index (χ0v) is 15.0. The van der Waals surface area contributed by atoms with Crippen LogP contribution in [0, 0.1) is 0 Å². The van der Waals surface area contributed by atoms with E-state index in [0.29, 0.717) is 11.1 Å². The monoisotopic (exact) mass is 318 g/mol. The van der Waals surface area contributed by atoms with E-state index in [1.807, 2.05) is 41.5 Å². The fourth-order valence-corrected chi connectivity index (χ4v) is 3.19. The molecule has 0 fully saturated rings. The van der Waals surface area contributed by atoms with E-state index in [0.717, 1.165) is 11.1 Å². The van der Waals surface area contributed by atoms with Gasteiger partial charge in [0.2, 0.25) is 0 Å². The molecule has 0 amide bonds. The standard InChI is InChI=1S/C14H23O2PS2/c1-13(2,3)10-7-9(17(16,18)19)8-11(12(10)15)14(4,5)6/h7-8,15H,1-6H3,(H2,16,18,19). The van der Waals surface area contributed by atoms with Gasteiger partial charge >= 0.3 is 0 Å². The first-order valence-electron chi connectivity index (χ1n) is 6.18. The lowest BCUT2D eigenvalue weighted by atomic mass is 9.79. The molecule has 1 atom stereocenters. The molecule has 0 aromatic heterocycles. The predicted octanol–water partition coefficient (Wildman–Crippen LogP) is 3.84. The van der Waals surface area contributed by atoms with Crippen molar-refractivity contribution in [2.24, 2.45) is 0 Å². The maximum atomic E-state index is 10.5. The van der Waals surface area contributed by atoms with Crippen LogP contribution in [0.3, 0.4) is 0 Å². The van der Waals surface area contributed by atoms with Crippen LogP contribution in [0.5, 0.6) is 5.75 Å². The van der Waals surface area contributed by atoms with E-state index in [2.05, 4.69) is 12.2 Å². The van der Waals surface area contributed by atoms with Gasteiger partial charge in [-0.3, -0.25) is 0 Å². The van der Waals surface area contributed by atoms with E-state index < -0.39 is 5.47 Å². The molecule has 1 unspecified atom stereocenters. The van der Waals surface area contributed by atoms with Crippen molar-refractivity contribution >= 4 is 34.8 Å². The molecular formula is C14H23O2PS2. The molecule has 0 saturated carbocycles. The Morgan fingerprint density at radius 3 is 1.53 bits per heavy atom. The van der Waals surface area contributed by atoms with Crippen LogP contribution in [0.15, 0.2) is 12.1 Å². The number of hydrogen-bond acceptors (Lipinski definition) is 2. The van der Waals surface area contributed by atoms with E-state index in [1.54, 1.807) is 12.1 Å². The van der Waals surface area contributed by atoms with Gasteiger partial charge in [0.15, 0.2) is 0 Å². The van der Waals surface area contributed by atoms with E-state index >= 15 is 0 Å². The summed E-state index contributed by atoms with van der Waals surface area (Å²) in [6.07, 6.45) is 0. The van der Waals surface area contributed by atoms with Gasteiger partial charge in [0.25, 0.3) is 0 Å². The molecule has 2 N–H and O–H groups in total. The topological polar surface area (TPSA) is 40.5 Å². The van der Waals surface area contributed by atoms with E-state index in [1.165, 1.54) is 0 Å². The average Bonchev–Trinajstić information content (AvgIpc) is 2.11. The summed E-state index contributed by atoms with van der Waals surface area (Å²) in [6, 6.07) is 3.58. The van der Waals surface area contributed by atoms with Gasteiger partial charge in [-0.15, -0.1) is 12.2 Å². The Balaban J connectivity index is 3.73. The van der Waals surface area contributed by atoms with Gasteiger partial charge in [-0.2, -0.15) is 0 Å². The Hall–Kier alpha value is -0.0200. The molecular weight excluding hydrogens is 295 g/mol. The van der Waals surface area contributed by atoms with Crippen LogP contribution in [0.1, 0.15) is 52.7 Å². The minimum absolute atomic E-state index is 0.224. The first kappa shape index (κ1) is 17.0. The van der Waals surface area contributed by atoms with Crippen molar-refractivity contribution in [3.63, 3.8) is 0 Å². The minimum atomic E-state index is -2.81. The lowest BCUT2D eigenvalue weighted by Gasteiger charge is -2.29. The molecule has 1 aromatic carbocycles. The number of thiol groups is 1. The third kappa shape index (κ3) is 3.98. The van der Waals surface area contributed by atoms with Crippen LogP contribution in [-0.4, -0.2) is 10.00 Å². The van der Waals surface area contributed by atoms with Crippen molar-refractivity contribution in [1.29, 1.82) is 0 Å². The zero-order chi connectivity index (χ0) is 15.2. The summed E-state index contributed by atoms with van der Waals surface area (Å²) in [5.41, 5.74) is -1.67. The molecule has 0 radical (unpaired) electrons. The Bertz CT molecular complexity index is 498. The van der Waals surface area contributed by atoms with Crippen LogP contribution in [0.2, 0.25) is 0 Å². The number of phenolic OH excluding ortho intramolecular Hbond substituents is 1. The van der Waals surface area contributed by atoms with Crippen molar-refractivity contribution in [1.82, 2.24) is 0 Å². The van der Waals surface area contributed by atoms with Crippen molar-refractivity contribution < 1.29 is 10.00 Å². The fourth-order valence-electron chi connectivity index (χ4n) is 1.93. The van der Waals surface area contributed by atoms with Crippen molar-refractivity contribution in [3.8, 4) is 5.75 Å². The van der Waals surface area contributed by atoms with Crippen LogP contribution < -0.4 is 5.30 Å². The number of benzene rings is 1. The third-order valence-electron chi connectivity index (χ3n) is 3.05. The van der Waals surface area contributed by atoms with Gasteiger partial charge in [-0.25, -0.2) is 0 Å². The highest BCUT2D eigenvalue weighted by atomic mass is 32.9. The normalized spacial score (nSPS) is 16.2. The summed E-state index contributed by atoms with van der Waals surface area (Å²) in [6.45, 7) is 12.2. The Morgan fingerprint density at radius 1 is 1.00 bits per heavy atom. The van der Waals surface area contributed by atoms with Crippen LogP contribution in [-0.2, 0) is 22.6 Å². The number of phenols is 1. The molecule has 0 spiro atoms. The lowest BCUT2D eigenvalue weighted by molar-refractivity contribution is 0.424. The summed E-state index contributed by atoms with van der Waals surface area (Å²) in [7, 11) is 0. The summed E-state index contributed by atoms with van der Waals surface area (Å²) in [5, 5.41) is 11.2. The van der Waals surface area contributed by atoms with E-state index in [-0.39, 0.29) is 10.8 Å². The Kier molecular flexibility index (Phi) is 4.54. The second-order valence-corrected chi connectivity index (χ2v) is 12.7. The number of hydrogen-bond donors (Lipinski definition) is 3. The van der Waals surface area contributed by atoms with Crippen molar-refractivity contribution in [3.05, 3.63) is 23.3 Å². The summed E-state index contributed by atoms with van der Waals surface area (Å²) >= 11 is 9.27. The van der Waals surface area contributed by atoms with Gasteiger partial charge < -0.3 is 10.00 Å². The Labute approximate surface area is 126 Å². The first-order chi connectivity index (χ1) is 8.24. The second-order valence-electron chi connectivity index (χ2n) is 6.93. The molecule has 0 heterocycles. The average molecular weight is 318 g/mol. The number of rotatable bonds is 1. The van der Waals surface area contributed by atoms with E-state index in [4.69, 9.17) is 11.8 Å². The molecule has 1 rings (SSSR count). The Morgan fingerprint density at radius 2 is 1.32 bits per heavy atom. The molecule has 0 bridgehead atoms. The molecule has 2 nitrogen and oxygen atoms in total. The molecule has 0 aliphatic heterocycles. The lowest BCUT2D eigenvalue weighted by Crippen LogP contribution is -2.21. The zero-order valence-electron chi connectivity index (χ0n) is 12.4. The molecule has 0 aliphatic rings. The van der Waals surface area contributed by atoms with Gasteiger partial charge in [-0.05, 0) is 23.0 Å². The van der Waals surface area contributed by atoms with Crippen LogP contribution in [0.25, 0.3) is 0 Å². The van der Waals surface area contributed by atoms with Gasteiger partial charge in [0.05, 0.1) is 0 Å². The summed E-state index contributed by atoms with van der Waals surface area (Å²) in [4.78, 5) is 10.1. The fraction of sp³-hybridized carbons (Fsp3) is 0.571. The first-order valence-corrected chi connectivity index (χ1v) is 10.1. The molecule has 19 heavy (non-hydrogen) atoms. The minimum Gasteiger partial charge on any atom is -0.507 e. The highest BCUT2D eigenvalue weighted by Crippen LogP contribution is 2.48. The smallest absolute Gasteiger partial charge is 0.143 e. The molecule has 1 aromatic rings. The predicted molar refractivity (Wildman–Crippen MR) is 90.6 cm³/mol. The maximum Gasteiger partial charge on any atom is 0.143 e. The van der Waals surface area contributed by atoms with Crippen molar-refractivity contribution in [2.45, 2.75) is 52.4 Å². The highest BCUT2D eigenvalue weighted by molar-refractivity contribution is 8.63. The summed E-state index contributed by atoms with van der Waals surface area (Å²) in [5.74, 6) is 0.292. The molecule has 0 aliphatic carbocycles. The third-order valence-corrected chi connectivity index (χ3v) is 5.30. The van der Waals surface area contributed by atoms with Gasteiger partial charge in [-0.1, -0.05) is 53.3 Å². The van der Waals surface area contributed by atoms with Crippen molar-refractivity contribution in [2.75, 3.05) is 0 Å². The number of aromatic hydroxyl groups is 1. The van der Waals surface area contributed by atoms with Crippen LogP contribution >= 0.6 is 17.7 Å². The molecule has 5 heteroatoms. The summed E-state index contributed by atoms with van der Waals surface area (Å²) < 4.78 is 0. The molecule has 108 valence electrons. The second kappa shape index (κ2) is 5.07. The van der Waals surface area contributed by atoms with Crippen LogP contribution in [0.4, 0.5) is 0 Å².